The van der Waals surface area contributed by atoms with Gasteiger partial charge < -0.3 is 9.47 Å². The Bertz CT molecular complexity index is 720. The van der Waals surface area contributed by atoms with Gasteiger partial charge in [-0.2, -0.15) is 5.10 Å². The number of hydrogen-bond acceptors (Lipinski definition) is 4. The number of hydrazone groups is 1. The first kappa shape index (κ1) is 17.5. The van der Waals surface area contributed by atoms with Crippen LogP contribution in [0.4, 0.5) is 0 Å². The van der Waals surface area contributed by atoms with E-state index in [0.717, 1.165) is 20.3 Å². The lowest BCUT2D eigenvalue weighted by Gasteiger charge is -2.05. The lowest BCUT2D eigenvalue weighted by Crippen LogP contribution is -2.24. The molecule has 2 aromatic carbocycles. The third-order valence-electron chi connectivity index (χ3n) is 2.74. The van der Waals surface area contributed by atoms with E-state index in [4.69, 9.17) is 9.47 Å². The number of amides is 1. The molecule has 0 aromatic heterocycles. The Morgan fingerprint density at radius 2 is 2.09 bits per heavy atom. The number of halogens is 2. The van der Waals surface area contributed by atoms with Crippen LogP contribution in [-0.4, -0.2) is 25.8 Å². The van der Waals surface area contributed by atoms with E-state index in [1.165, 1.54) is 0 Å². The third-order valence-corrected chi connectivity index (χ3v) is 3.86. The standard InChI is InChI=1S/C16H14Br2N2O3/c1-22-15-6-5-11(7-14(15)18)9-19-20-16(21)10-23-13-4-2-3-12(17)8-13/h2-9H,10H2,1H3,(H,20,21)/b19-9+. The van der Waals surface area contributed by atoms with Gasteiger partial charge in [-0.1, -0.05) is 22.0 Å². The summed E-state index contributed by atoms with van der Waals surface area (Å²) in [5.74, 6) is 1.000. The molecule has 2 rings (SSSR count). The maximum Gasteiger partial charge on any atom is 0.277 e. The molecule has 1 amide bonds. The number of ether oxygens (including phenoxy) is 2. The summed E-state index contributed by atoms with van der Waals surface area (Å²) in [5, 5.41) is 3.89. The smallest absolute Gasteiger partial charge is 0.277 e. The summed E-state index contributed by atoms with van der Waals surface area (Å²) >= 11 is 6.72. The van der Waals surface area contributed by atoms with Gasteiger partial charge in [0.1, 0.15) is 11.5 Å². The first-order valence-electron chi connectivity index (χ1n) is 6.62. The fourth-order valence-corrected chi connectivity index (χ4v) is 2.62. The van der Waals surface area contributed by atoms with Gasteiger partial charge in [-0.3, -0.25) is 4.79 Å². The zero-order valence-electron chi connectivity index (χ0n) is 12.3. The van der Waals surface area contributed by atoms with Gasteiger partial charge in [-0.15, -0.1) is 0 Å². The molecule has 0 atom stereocenters. The number of methoxy groups -OCH3 is 1. The molecule has 2 aromatic rings. The predicted molar refractivity (Wildman–Crippen MR) is 96.1 cm³/mol. The second kappa shape index (κ2) is 8.69. The Hall–Kier alpha value is -1.86. The van der Waals surface area contributed by atoms with Crippen LogP contribution < -0.4 is 14.9 Å². The second-order valence-corrected chi connectivity index (χ2v) is 6.20. The molecule has 0 radical (unpaired) electrons. The maximum atomic E-state index is 11.7. The quantitative estimate of drug-likeness (QED) is 0.548. The molecule has 5 nitrogen and oxygen atoms in total. The van der Waals surface area contributed by atoms with Crippen LogP contribution in [0.25, 0.3) is 0 Å². The molecule has 0 saturated carbocycles. The van der Waals surface area contributed by atoms with Crippen molar-refractivity contribution >= 4 is 44.0 Å². The highest BCUT2D eigenvalue weighted by atomic mass is 79.9. The monoisotopic (exact) mass is 440 g/mol. The summed E-state index contributed by atoms with van der Waals surface area (Å²) < 4.78 is 12.2. The summed E-state index contributed by atoms with van der Waals surface area (Å²) in [7, 11) is 1.60. The average molecular weight is 442 g/mol. The van der Waals surface area contributed by atoms with Crippen molar-refractivity contribution in [2.45, 2.75) is 0 Å². The molecule has 0 saturated heterocycles. The van der Waals surface area contributed by atoms with Crippen LogP contribution in [0.2, 0.25) is 0 Å². The van der Waals surface area contributed by atoms with Crippen LogP contribution in [0.1, 0.15) is 5.56 Å². The first-order chi connectivity index (χ1) is 11.1. The Balaban J connectivity index is 1.83. The van der Waals surface area contributed by atoms with E-state index in [-0.39, 0.29) is 12.5 Å². The molecule has 0 unspecified atom stereocenters. The Morgan fingerprint density at radius 3 is 2.78 bits per heavy atom. The molecule has 0 fully saturated rings. The Morgan fingerprint density at radius 1 is 1.26 bits per heavy atom. The van der Waals surface area contributed by atoms with E-state index in [0.29, 0.717) is 5.75 Å². The number of benzene rings is 2. The summed E-state index contributed by atoms with van der Waals surface area (Å²) in [6, 6.07) is 12.7. The van der Waals surface area contributed by atoms with Gasteiger partial charge in [-0.05, 0) is 57.9 Å². The number of nitrogens with zero attached hydrogens (tertiary/aromatic N) is 1. The molecule has 1 N–H and O–H groups in total. The molecule has 0 aliphatic rings. The van der Waals surface area contributed by atoms with E-state index < -0.39 is 0 Å². The SMILES string of the molecule is COc1ccc(/C=N/NC(=O)COc2cccc(Br)c2)cc1Br. The van der Waals surface area contributed by atoms with E-state index in [1.807, 2.05) is 30.3 Å². The zero-order chi connectivity index (χ0) is 16.7. The van der Waals surface area contributed by atoms with E-state index in [9.17, 15) is 4.79 Å². The summed E-state index contributed by atoms with van der Waals surface area (Å²) in [6.45, 7) is -0.111. The first-order valence-corrected chi connectivity index (χ1v) is 8.21. The number of carbonyl (C=O) groups excluding carboxylic acids is 1. The second-order valence-electron chi connectivity index (χ2n) is 4.43. The molecular weight excluding hydrogens is 428 g/mol. The lowest BCUT2D eigenvalue weighted by atomic mass is 10.2. The van der Waals surface area contributed by atoms with Crippen LogP contribution in [-0.2, 0) is 4.79 Å². The van der Waals surface area contributed by atoms with Gasteiger partial charge in [0.05, 0.1) is 17.8 Å². The summed E-state index contributed by atoms with van der Waals surface area (Å²) in [4.78, 5) is 11.7. The molecule has 0 heterocycles. The molecule has 0 aliphatic heterocycles. The van der Waals surface area contributed by atoms with Crippen LogP contribution in [0, 0.1) is 0 Å². The van der Waals surface area contributed by atoms with Crippen LogP contribution in [0.15, 0.2) is 56.5 Å². The van der Waals surface area contributed by atoms with Crippen LogP contribution in [0.5, 0.6) is 11.5 Å². The van der Waals surface area contributed by atoms with Crippen molar-refractivity contribution in [1.82, 2.24) is 5.43 Å². The van der Waals surface area contributed by atoms with Crippen molar-refractivity contribution < 1.29 is 14.3 Å². The van der Waals surface area contributed by atoms with Gasteiger partial charge in [0, 0.05) is 4.47 Å². The largest absolute Gasteiger partial charge is 0.496 e. The van der Waals surface area contributed by atoms with Gasteiger partial charge in [-0.25, -0.2) is 5.43 Å². The van der Waals surface area contributed by atoms with Crippen molar-refractivity contribution in [3.05, 3.63) is 57.0 Å². The minimum Gasteiger partial charge on any atom is -0.496 e. The van der Waals surface area contributed by atoms with Crippen LogP contribution >= 0.6 is 31.9 Å². The zero-order valence-corrected chi connectivity index (χ0v) is 15.4. The van der Waals surface area contributed by atoms with Crippen molar-refractivity contribution in [1.29, 1.82) is 0 Å². The average Bonchev–Trinajstić information content (AvgIpc) is 2.53. The molecule has 7 heteroatoms. The number of hydrogen-bond donors (Lipinski definition) is 1. The van der Waals surface area contributed by atoms with Crippen molar-refractivity contribution in [2.75, 3.05) is 13.7 Å². The van der Waals surface area contributed by atoms with E-state index >= 15 is 0 Å². The lowest BCUT2D eigenvalue weighted by molar-refractivity contribution is -0.123. The minimum atomic E-state index is -0.339. The molecule has 0 aliphatic carbocycles. The van der Waals surface area contributed by atoms with Crippen molar-refractivity contribution in [2.24, 2.45) is 5.10 Å². The van der Waals surface area contributed by atoms with Crippen molar-refractivity contribution in [3.63, 3.8) is 0 Å². The van der Waals surface area contributed by atoms with Gasteiger partial charge in [0.25, 0.3) is 5.91 Å². The van der Waals surface area contributed by atoms with Crippen molar-refractivity contribution in [3.8, 4) is 11.5 Å². The minimum absolute atomic E-state index is 0.111. The van der Waals surface area contributed by atoms with Gasteiger partial charge in [0.15, 0.2) is 6.61 Å². The maximum absolute atomic E-state index is 11.7. The normalized spacial score (nSPS) is 10.6. The van der Waals surface area contributed by atoms with Gasteiger partial charge in [0.2, 0.25) is 0 Å². The Kier molecular flexibility index (Phi) is 6.61. The number of nitrogens with one attached hydrogen (secondary N) is 1. The highest BCUT2D eigenvalue weighted by Crippen LogP contribution is 2.24. The van der Waals surface area contributed by atoms with E-state index in [2.05, 4.69) is 42.4 Å². The van der Waals surface area contributed by atoms with E-state index in [1.54, 1.807) is 25.5 Å². The fraction of sp³-hybridized carbons (Fsp3) is 0.125. The number of rotatable bonds is 6. The highest BCUT2D eigenvalue weighted by Gasteiger charge is 2.02. The van der Waals surface area contributed by atoms with Gasteiger partial charge >= 0.3 is 0 Å². The Labute approximate surface area is 150 Å². The molecule has 120 valence electrons. The molecule has 0 bridgehead atoms. The third kappa shape index (κ3) is 5.69. The molecular formula is C16H14Br2N2O3. The summed E-state index contributed by atoms with van der Waals surface area (Å²) in [6.07, 6.45) is 1.54. The fourth-order valence-electron chi connectivity index (χ4n) is 1.68. The van der Waals surface area contributed by atoms with Crippen LogP contribution in [0.3, 0.4) is 0 Å². The highest BCUT2D eigenvalue weighted by molar-refractivity contribution is 9.10. The molecule has 0 spiro atoms. The predicted octanol–water partition coefficient (Wildman–Crippen LogP) is 3.75. The molecule has 23 heavy (non-hydrogen) atoms. The summed E-state index contributed by atoms with van der Waals surface area (Å²) in [5.41, 5.74) is 3.24. The topological polar surface area (TPSA) is 59.9 Å². The number of carbonyl (C=O) groups is 1.